The van der Waals surface area contributed by atoms with E-state index in [0.717, 1.165) is 25.7 Å². The minimum absolute atomic E-state index is 0.0216. The zero-order chi connectivity index (χ0) is 26.8. The van der Waals surface area contributed by atoms with Crippen molar-refractivity contribution in [3.8, 4) is 5.82 Å². The number of hydrogen-bond donors (Lipinski definition) is 4. The van der Waals surface area contributed by atoms with Gasteiger partial charge in [0.05, 0.1) is 33.7 Å². The molecular weight excluding hydrogens is 525 g/mol. The van der Waals surface area contributed by atoms with Crippen molar-refractivity contribution in [2.24, 2.45) is 5.92 Å². The highest BCUT2D eigenvalue weighted by atomic mass is 35.5. The van der Waals surface area contributed by atoms with Crippen molar-refractivity contribution >= 4 is 45.7 Å². The molecule has 0 unspecified atom stereocenters. The number of fused-ring (bicyclic) bond motifs is 1. The van der Waals surface area contributed by atoms with Gasteiger partial charge in [0, 0.05) is 23.2 Å². The van der Waals surface area contributed by atoms with Crippen molar-refractivity contribution in [1.82, 2.24) is 30.3 Å². The third-order valence-electron chi connectivity index (χ3n) is 6.92. The van der Waals surface area contributed by atoms with Crippen LogP contribution in [0.15, 0.2) is 36.7 Å². The van der Waals surface area contributed by atoms with Gasteiger partial charge in [-0.1, -0.05) is 11.6 Å². The summed E-state index contributed by atoms with van der Waals surface area (Å²) in [5, 5.41) is 16.4. The van der Waals surface area contributed by atoms with Gasteiger partial charge in [-0.2, -0.15) is 23.4 Å². The maximum Gasteiger partial charge on any atom is 0.435 e. The monoisotopic (exact) mass is 544 g/mol. The largest absolute Gasteiger partial charge is 0.435 e. The number of nitrogens with one attached hydrogen (secondary N) is 3. The van der Waals surface area contributed by atoms with Crippen molar-refractivity contribution in [2.45, 2.75) is 37.4 Å². The van der Waals surface area contributed by atoms with E-state index in [1.807, 2.05) is 0 Å². The normalized spacial score (nSPS) is 16.4. The summed E-state index contributed by atoms with van der Waals surface area (Å²) in [6, 6.07) is 4.98. The number of anilines is 2. The topological polar surface area (TPSA) is 144 Å². The van der Waals surface area contributed by atoms with E-state index < -0.39 is 29.4 Å². The Morgan fingerprint density at radius 1 is 1.21 bits per heavy atom. The Bertz CT molecular complexity index is 1600. The standard InChI is InChI=1S/C24H20ClF3N8O2/c25-13-2-1-7-30-20(13)36-15(9-16(35-36)24(26,27)28)21(37)32-19-14(29)8-11-10-31-34-18(11)17(19)22(38)33-23(5-6-23)12-3-4-12/h1-2,7-10,12H,3-6,29H2,(H,31,34)(H,32,37)(H,33,38). The van der Waals surface area contributed by atoms with Crippen LogP contribution in [0.1, 0.15) is 52.2 Å². The molecule has 2 aliphatic carbocycles. The van der Waals surface area contributed by atoms with Gasteiger partial charge in [0.25, 0.3) is 11.8 Å². The minimum atomic E-state index is -4.85. The fourth-order valence-electron chi connectivity index (χ4n) is 4.72. The van der Waals surface area contributed by atoms with Crippen molar-refractivity contribution in [3.63, 3.8) is 0 Å². The molecule has 38 heavy (non-hydrogen) atoms. The molecule has 2 aliphatic rings. The number of nitrogen functional groups attached to an aromatic ring is 1. The van der Waals surface area contributed by atoms with Crippen LogP contribution >= 0.6 is 11.6 Å². The molecule has 2 fully saturated rings. The smallest absolute Gasteiger partial charge is 0.397 e. The van der Waals surface area contributed by atoms with E-state index in [1.165, 1.54) is 30.6 Å². The third kappa shape index (κ3) is 4.12. The summed E-state index contributed by atoms with van der Waals surface area (Å²) in [6.07, 6.45) is 1.70. The quantitative estimate of drug-likeness (QED) is 0.266. The summed E-state index contributed by atoms with van der Waals surface area (Å²) < 4.78 is 41.4. The van der Waals surface area contributed by atoms with Crippen LogP contribution in [0.2, 0.25) is 5.02 Å². The van der Waals surface area contributed by atoms with Crippen LogP contribution in [0.25, 0.3) is 16.7 Å². The first-order chi connectivity index (χ1) is 18.1. The van der Waals surface area contributed by atoms with Crippen LogP contribution in [-0.2, 0) is 6.18 Å². The SMILES string of the molecule is Nc1cc2cn[nH]c2c(C(=O)NC2(C3CC3)CC2)c1NC(=O)c1cc(C(F)(F)F)nn1-c1ncccc1Cl. The number of carbonyl (C=O) groups is 2. The molecule has 10 nitrogen and oxygen atoms in total. The van der Waals surface area contributed by atoms with Gasteiger partial charge in [-0.3, -0.25) is 14.7 Å². The van der Waals surface area contributed by atoms with E-state index in [1.54, 1.807) is 0 Å². The zero-order valence-electron chi connectivity index (χ0n) is 19.6. The van der Waals surface area contributed by atoms with E-state index in [0.29, 0.717) is 27.6 Å². The number of benzene rings is 1. The molecule has 196 valence electrons. The number of rotatable bonds is 6. The summed E-state index contributed by atoms with van der Waals surface area (Å²) >= 11 is 6.14. The fourth-order valence-corrected chi connectivity index (χ4v) is 4.93. The highest BCUT2D eigenvalue weighted by Crippen LogP contribution is 2.54. The lowest BCUT2D eigenvalue weighted by Gasteiger charge is -2.20. The second-order valence-electron chi connectivity index (χ2n) is 9.52. The Kier molecular flexibility index (Phi) is 5.38. The molecule has 2 amide bonds. The molecule has 1 aromatic carbocycles. The number of nitrogens with two attached hydrogens (primary N) is 1. The second-order valence-corrected chi connectivity index (χ2v) is 9.93. The number of H-pyrrole nitrogens is 1. The lowest BCUT2D eigenvalue weighted by molar-refractivity contribution is -0.141. The van der Waals surface area contributed by atoms with Crippen LogP contribution in [0.3, 0.4) is 0 Å². The molecule has 3 heterocycles. The molecule has 0 bridgehead atoms. The molecule has 0 spiro atoms. The summed E-state index contributed by atoms with van der Waals surface area (Å²) in [5.74, 6) is -1.24. The van der Waals surface area contributed by atoms with Crippen molar-refractivity contribution in [2.75, 3.05) is 11.1 Å². The number of pyridine rings is 1. The first-order valence-electron chi connectivity index (χ1n) is 11.7. The zero-order valence-corrected chi connectivity index (χ0v) is 20.3. The first-order valence-corrected chi connectivity index (χ1v) is 12.1. The van der Waals surface area contributed by atoms with Crippen LogP contribution in [0, 0.1) is 5.92 Å². The molecule has 3 aromatic heterocycles. The van der Waals surface area contributed by atoms with Crippen molar-refractivity contribution in [3.05, 3.63) is 58.6 Å². The van der Waals surface area contributed by atoms with E-state index in [-0.39, 0.29) is 33.3 Å². The molecule has 14 heteroatoms. The van der Waals surface area contributed by atoms with Gasteiger partial charge in [0.1, 0.15) is 5.69 Å². The number of aromatic nitrogens is 5. The van der Waals surface area contributed by atoms with Crippen molar-refractivity contribution < 1.29 is 22.8 Å². The summed E-state index contributed by atoms with van der Waals surface area (Å²) in [4.78, 5) is 31.0. The lowest BCUT2D eigenvalue weighted by atomic mass is 10.0. The summed E-state index contributed by atoms with van der Waals surface area (Å²) in [7, 11) is 0. The lowest BCUT2D eigenvalue weighted by Crippen LogP contribution is -2.39. The molecule has 0 aliphatic heterocycles. The number of hydrogen-bond acceptors (Lipinski definition) is 6. The maximum absolute atomic E-state index is 13.5. The first kappa shape index (κ1) is 24.2. The molecule has 2 saturated carbocycles. The Labute approximate surface area is 217 Å². The van der Waals surface area contributed by atoms with E-state index in [2.05, 4.69) is 30.9 Å². The van der Waals surface area contributed by atoms with Gasteiger partial charge in [-0.15, -0.1) is 0 Å². The predicted molar refractivity (Wildman–Crippen MR) is 132 cm³/mol. The van der Waals surface area contributed by atoms with E-state index in [9.17, 15) is 22.8 Å². The summed E-state index contributed by atoms with van der Waals surface area (Å²) in [6.45, 7) is 0. The van der Waals surface area contributed by atoms with Gasteiger partial charge in [-0.05, 0) is 49.8 Å². The van der Waals surface area contributed by atoms with E-state index in [4.69, 9.17) is 17.3 Å². The molecule has 4 aromatic rings. The average molecular weight is 545 g/mol. The molecule has 0 saturated heterocycles. The number of aromatic amines is 1. The van der Waals surface area contributed by atoms with Gasteiger partial charge < -0.3 is 16.4 Å². The molecular formula is C24H20ClF3N8O2. The Morgan fingerprint density at radius 2 is 1.97 bits per heavy atom. The number of carbonyl (C=O) groups excluding carboxylic acids is 2. The van der Waals surface area contributed by atoms with E-state index >= 15 is 0 Å². The van der Waals surface area contributed by atoms with Gasteiger partial charge in [-0.25, -0.2) is 9.67 Å². The summed E-state index contributed by atoms with van der Waals surface area (Å²) in [5.41, 5.74) is 4.46. The molecule has 0 atom stereocenters. The van der Waals surface area contributed by atoms with Crippen molar-refractivity contribution in [1.29, 1.82) is 0 Å². The highest BCUT2D eigenvalue weighted by molar-refractivity contribution is 6.32. The van der Waals surface area contributed by atoms with Gasteiger partial charge >= 0.3 is 6.18 Å². The van der Waals surface area contributed by atoms with Crippen LogP contribution in [0.4, 0.5) is 24.5 Å². The Balaban J connectivity index is 1.42. The molecule has 5 N–H and O–H groups in total. The second kappa shape index (κ2) is 8.45. The minimum Gasteiger partial charge on any atom is -0.397 e. The maximum atomic E-state index is 13.5. The Morgan fingerprint density at radius 3 is 2.63 bits per heavy atom. The van der Waals surface area contributed by atoms with Crippen LogP contribution in [0.5, 0.6) is 0 Å². The number of halogens is 4. The fraction of sp³-hybridized carbons (Fsp3) is 0.292. The van der Waals surface area contributed by atoms with Crippen LogP contribution < -0.4 is 16.4 Å². The number of amides is 2. The predicted octanol–water partition coefficient (Wildman–Crippen LogP) is 4.32. The highest BCUT2D eigenvalue weighted by Gasteiger charge is 2.55. The molecule has 0 radical (unpaired) electrons. The van der Waals surface area contributed by atoms with Gasteiger partial charge in [0.2, 0.25) is 0 Å². The van der Waals surface area contributed by atoms with Gasteiger partial charge in [0.15, 0.2) is 11.5 Å². The molecule has 6 rings (SSSR count). The number of alkyl halides is 3. The average Bonchev–Trinajstić information content (AvgIpc) is 3.76. The third-order valence-corrected chi connectivity index (χ3v) is 7.21. The van der Waals surface area contributed by atoms with Crippen LogP contribution in [-0.4, -0.2) is 42.3 Å². The Hall–Kier alpha value is -4.13. The number of nitrogens with zero attached hydrogens (tertiary/aromatic N) is 4.